The number of hydrogen-bond acceptors (Lipinski definition) is 3. The highest BCUT2D eigenvalue weighted by Gasteiger charge is 2.32. The second-order valence-electron chi connectivity index (χ2n) is 2.87. The van der Waals surface area contributed by atoms with Crippen molar-refractivity contribution in [2.75, 3.05) is 0 Å². The third-order valence-corrected chi connectivity index (χ3v) is 1.88. The highest BCUT2D eigenvalue weighted by Crippen LogP contribution is 2.22. The summed E-state index contributed by atoms with van der Waals surface area (Å²) in [6.45, 7) is 3.21. The fourth-order valence-electron chi connectivity index (χ4n) is 1.15. The molecule has 1 aliphatic rings. The predicted molar refractivity (Wildman–Crippen MR) is 40.4 cm³/mol. The largest absolute Gasteiger partial charge is 0.481 e. The average molecular weight is 170 g/mol. The summed E-state index contributed by atoms with van der Waals surface area (Å²) in [5, 5.41) is 8.63. The molecular formula is C8H10O4. The number of ether oxygens (including phenoxy) is 1. The maximum atomic E-state index is 10.7. The second kappa shape index (κ2) is 2.97. The third kappa shape index (κ3) is 1.47. The molecule has 2 atom stereocenters. The van der Waals surface area contributed by atoms with E-state index >= 15 is 0 Å². The minimum absolute atomic E-state index is 0.453. The Morgan fingerprint density at radius 3 is 2.67 bits per heavy atom. The van der Waals surface area contributed by atoms with Gasteiger partial charge in [-0.25, -0.2) is 4.79 Å². The summed E-state index contributed by atoms with van der Waals surface area (Å²) in [5.74, 6) is -2.08. The summed E-state index contributed by atoms with van der Waals surface area (Å²) in [6, 6.07) is 0. The van der Waals surface area contributed by atoms with Gasteiger partial charge in [-0.1, -0.05) is 0 Å². The maximum absolute atomic E-state index is 10.7. The Bertz CT molecular complexity index is 254. The molecule has 4 nitrogen and oxygen atoms in total. The van der Waals surface area contributed by atoms with Gasteiger partial charge in [-0.05, 0) is 19.4 Å². The molecule has 0 saturated heterocycles. The normalized spacial score (nSPS) is 24.7. The lowest BCUT2D eigenvalue weighted by Gasteiger charge is -2.15. The van der Waals surface area contributed by atoms with E-state index in [1.54, 1.807) is 6.92 Å². The third-order valence-electron chi connectivity index (χ3n) is 1.88. The molecule has 12 heavy (non-hydrogen) atoms. The SMILES string of the molecule is CC1=CC(=O)OC1C(C)C(=O)O. The minimum atomic E-state index is -0.956. The van der Waals surface area contributed by atoms with Crippen molar-refractivity contribution in [3.8, 4) is 0 Å². The first-order valence-electron chi connectivity index (χ1n) is 3.64. The van der Waals surface area contributed by atoms with Crippen LogP contribution in [0.4, 0.5) is 0 Å². The van der Waals surface area contributed by atoms with Crippen LogP contribution in [0.2, 0.25) is 0 Å². The van der Waals surface area contributed by atoms with E-state index < -0.39 is 24.0 Å². The molecule has 1 N–H and O–H groups in total. The second-order valence-corrected chi connectivity index (χ2v) is 2.87. The summed E-state index contributed by atoms with van der Waals surface area (Å²) in [7, 11) is 0. The summed E-state index contributed by atoms with van der Waals surface area (Å²) >= 11 is 0. The number of carbonyl (C=O) groups excluding carboxylic acids is 1. The van der Waals surface area contributed by atoms with Gasteiger partial charge in [-0.2, -0.15) is 0 Å². The molecule has 0 aromatic carbocycles. The Morgan fingerprint density at radius 2 is 2.33 bits per heavy atom. The zero-order valence-electron chi connectivity index (χ0n) is 6.90. The van der Waals surface area contributed by atoms with Crippen LogP contribution >= 0.6 is 0 Å². The van der Waals surface area contributed by atoms with Crippen molar-refractivity contribution in [3.05, 3.63) is 11.6 Å². The number of hydrogen-bond donors (Lipinski definition) is 1. The maximum Gasteiger partial charge on any atom is 0.331 e. The average Bonchev–Trinajstić information content (AvgIpc) is 2.28. The molecule has 0 spiro atoms. The summed E-state index contributed by atoms with van der Waals surface area (Å²) < 4.78 is 4.78. The van der Waals surface area contributed by atoms with E-state index in [9.17, 15) is 9.59 Å². The van der Waals surface area contributed by atoms with E-state index in [2.05, 4.69) is 0 Å². The van der Waals surface area contributed by atoms with Gasteiger partial charge in [0.05, 0.1) is 5.92 Å². The van der Waals surface area contributed by atoms with Gasteiger partial charge < -0.3 is 9.84 Å². The van der Waals surface area contributed by atoms with Crippen LogP contribution in [0.1, 0.15) is 13.8 Å². The molecular weight excluding hydrogens is 160 g/mol. The fraction of sp³-hybridized carbons (Fsp3) is 0.500. The van der Waals surface area contributed by atoms with Crippen molar-refractivity contribution in [1.29, 1.82) is 0 Å². The number of esters is 1. The van der Waals surface area contributed by atoms with Crippen molar-refractivity contribution in [1.82, 2.24) is 0 Å². The molecule has 0 bridgehead atoms. The highest BCUT2D eigenvalue weighted by atomic mass is 16.5. The smallest absolute Gasteiger partial charge is 0.331 e. The van der Waals surface area contributed by atoms with Crippen LogP contribution in [0.25, 0.3) is 0 Å². The molecule has 0 saturated carbocycles. The first-order valence-corrected chi connectivity index (χ1v) is 3.64. The first kappa shape index (κ1) is 8.77. The molecule has 2 unspecified atom stereocenters. The number of carboxylic acid groups (broad SMARTS) is 1. The molecule has 0 radical (unpaired) electrons. The number of rotatable bonds is 2. The van der Waals surface area contributed by atoms with E-state index in [4.69, 9.17) is 9.84 Å². The van der Waals surface area contributed by atoms with Gasteiger partial charge in [0.15, 0.2) is 0 Å². The van der Waals surface area contributed by atoms with Gasteiger partial charge in [-0.15, -0.1) is 0 Å². The Balaban J connectivity index is 2.73. The Labute approximate surface area is 69.8 Å². The zero-order chi connectivity index (χ0) is 9.30. The Kier molecular flexibility index (Phi) is 2.17. The standard InChI is InChI=1S/C8H10O4/c1-4-3-6(9)12-7(4)5(2)8(10)11/h3,5,7H,1-2H3,(H,10,11). The van der Waals surface area contributed by atoms with Crippen LogP contribution in [0.5, 0.6) is 0 Å². The summed E-state index contributed by atoms with van der Waals surface area (Å²) in [6.07, 6.45) is 0.736. The lowest BCUT2D eigenvalue weighted by atomic mass is 10.00. The molecule has 1 rings (SSSR count). The summed E-state index contributed by atoms with van der Waals surface area (Å²) in [5.41, 5.74) is 0.676. The van der Waals surface area contributed by atoms with Crippen LogP contribution < -0.4 is 0 Å². The van der Waals surface area contributed by atoms with Crippen LogP contribution in [0.15, 0.2) is 11.6 Å². The van der Waals surface area contributed by atoms with Gasteiger partial charge in [0.25, 0.3) is 0 Å². The number of aliphatic carboxylic acids is 1. The highest BCUT2D eigenvalue weighted by molar-refractivity contribution is 5.86. The minimum Gasteiger partial charge on any atom is -0.481 e. The van der Waals surface area contributed by atoms with Crippen LogP contribution in [-0.2, 0) is 14.3 Å². The van der Waals surface area contributed by atoms with Crippen molar-refractivity contribution in [3.63, 3.8) is 0 Å². The van der Waals surface area contributed by atoms with Crippen molar-refractivity contribution < 1.29 is 19.4 Å². The lowest BCUT2D eigenvalue weighted by molar-refractivity contribution is -0.149. The molecule has 0 amide bonds. The van der Waals surface area contributed by atoms with E-state index in [0.29, 0.717) is 5.57 Å². The van der Waals surface area contributed by atoms with Crippen molar-refractivity contribution in [2.24, 2.45) is 5.92 Å². The molecule has 4 heteroatoms. The van der Waals surface area contributed by atoms with Crippen LogP contribution in [0.3, 0.4) is 0 Å². The summed E-state index contributed by atoms with van der Waals surface area (Å²) in [4.78, 5) is 21.2. The first-order chi connectivity index (χ1) is 5.52. The van der Waals surface area contributed by atoms with Gasteiger partial charge in [0.2, 0.25) is 0 Å². The monoisotopic (exact) mass is 170 g/mol. The van der Waals surface area contributed by atoms with Gasteiger partial charge >= 0.3 is 11.9 Å². The Morgan fingerprint density at radius 1 is 1.75 bits per heavy atom. The van der Waals surface area contributed by atoms with E-state index in [1.807, 2.05) is 0 Å². The topological polar surface area (TPSA) is 63.6 Å². The van der Waals surface area contributed by atoms with Crippen molar-refractivity contribution >= 4 is 11.9 Å². The quantitative estimate of drug-likeness (QED) is 0.615. The molecule has 0 aromatic heterocycles. The number of carboxylic acids is 1. The van der Waals surface area contributed by atoms with Gasteiger partial charge in [0, 0.05) is 6.08 Å². The van der Waals surface area contributed by atoms with Crippen molar-refractivity contribution in [2.45, 2.75) is 20.0 Å². The van der Waals surface area contributed by atoms with Gasteiger partial charge in [-0.3, -0.25) is 4.79 Å². The molecule has 0 aromatic rings. The molecule has 1 aliphatic heterocycles. The molecule has 66 valence electrons. The van der Waals surface area contributed by atoms with Crippen LogP contribution in [0, 0.1) is 5.92 Å². The molecule has 1 heterocycles. The van der Waals surface area contributed by atoms with E-state index in [0.717, 1.165) is 0 Å². The number of cyclic esters (lactones) is 1. The van der Waals surface area contributed by atoms with Gasteiger partial charge in [0.1, 0.15) is 6.10 Å². The zero-order valence-corrected chi connectivity index (χ0v) is 6.90. The van der Waals surface area contributed by atoms with E-state index in [1.165, 1.54) is 13.0 Å². The number of carbonyl (C=O) groups is 2. The van der Waals surface area contributed by atoms with E-state index in [-0.39, 0.29) is 0 Å². The predicted octanol–water partition coefficient (Wildman–Crippen LogP) is 0.579. The van der Waals surface area contributed by atoms with Crippen LogP contribution in [-0.4, -0.2) is 23.1 Å². The lowest BCUT2D eigenvalue weighted by Crippen LogP contribution is -2.27. The fourth-order valence-corrected chi connectivity index (χ4v) is 1.15. The molecule has 0 fully saturated rings. The Hall–Kier alpha value is -1.32. The molecule has 0 aliphatic carbocycles.